The Morgan fingerprint density at radius 3 is 2.62 bits per heavy atom. The second kappa shape index (κ2) is 5.37. The Hall–Kier alpha value is -1.00. The summed E-state index contributed by atoms with van der Waals surface area (Å²) in [7, 11) is 0. The summed E-state index contributed by atoms with van der Waals surface area (Å²) in [6.45, 7) is 3.04. The summed E-state index contributed by atoms with van der Waals surface area (Å²) in [5.74, 6) is -0.399. The summed E-state index contributed by atoms with van der Waals surface area (Å²) in [6, 6.07) is 0. The van der Waals surface area contributed by atoms with Gasteiger partial charge >= 0.3 is 6.18 Å². The molecule has 92 valence electrons. The minimum Gasteiger partial charge on any atom is -0.339 e. The van der Waals surface area contributed by atoms with Crippen LogP contribution in [0.1, 0.15) is 32.6 Å². The zero-order valence-electron chi connectivity index (χ0n) is 9.31. The normalized spacial score (nSPS) is 17.2. The number of alkyl halides is 3. The summed E-state index contributed by atoms with van der Waals surface area (Å²) >= 11 is 0. The average molecular weight is 235 g/mol. The van der Waals surface area contributed by atoms with Crippen molar-refractivity contribution in [3.8, 4) is 0 Å². The van der Waals surface area contributed by atoms with Crippen LogP contribution in [0.3, 0.4) is 0 Å². The molecule has 0 aromatic carbocycles. The van der Waals surface area contributed by atoms with Crippen LogP contribution in [0.15, 0.2) is 11.6 Å². The zero-order valence-corrected chi connectivity index (χ0v) is 9.31. The third-order valence-electron chi connectivity index (χ3n) is 2.73. The molecule has 0 radical (unpaired) electrons. The molecule has 5 heteroatoms. The number of carbonyl (C=O) groups excluding carboxylic acids is 1. The summed E-state index contributed by atoms with van der Waals surface area (Å²) in [6.07, 6.45) is -2.02. The topological polar surface area (TPSA) is 20.3 Å². The maximum atomic E-state index is 11.9. The van der Waals surface area contributed by atoms with E-state index in [4.69, 9.17) is 0 Å². The first-order valence-electron chi connectivity index (χ1n) is 5.45. The Morgan fingerprint density at radius 2 is 2.19 bits per heavy atom. The molecule has 1 aliphatic rings. The molecule has 0 fully saturated rings. The smallest absolute Gasteiger partial charge is 0.339 e. The lowest BCUT2D eigenvalue weighted by molar-refractivity contribution is -0.148. The summed E-state index contributed by atoms with van der Waals surface area (Å²) in [4.78, 5) is 12.9. The molecule has 0 unspecified atom stereocenters. The number of hydrogen-bond acceptors (Lipinski definition) is 1. The average Bonchev–Trinajstić information content (AvgIpc) is 2.25. The van der Waals surface area contributed by atoms with E-state index in [0.717, 1.165) is 12.8 Å². The number of carbonyl (C=O) groups is 1. The van der Waals surface area contributed by atoms with Crippen LogP contribution >= 0.6 is 0 Å². The minimum absolute atomic E-state index is 0.399. The van der Waals surface area contributed by atoms with Gasteiger partial charge in [0.1, 0.15) is 0 Å². The van der Waals surface area contributed by atoms with Crippen molar-refractivity contribution >= 4 is 5.91 Å². The molecule has 0 N–H and O–H groups in total. The van der Waals surface area contributed by atoms with E-state index in [9.17, 15) is 18.0 Å². The van der Waals surface area contributed by atoms with Crippen LogP contribution in [0.25, 0.3) is 0 Å². The third-order valence-corrected chi connectivity index (χ3v) is 2.73. The maximum Gasteiger partial charge on any atom is 0.389 e. The molecule has 0 saturated heterocycles. The molecule has 0 bridgehead atoms. The van der Waals surface area contributed by atoms with E-state index < -0.39 is 24.9 Å². The van der Waals surface area contributed by atoms with Gasteiger partial charge in [0.25, 0.3) is 0 Å². The van der Waals surface area contributed by atoms with E-state index in [1.165, 1.54) is 10.5 Å². The van der Waals surface area contributed by atoms with Crippen LogP contribution in [0, 0.1) is 0 Å². The van der Waals surface area contributed by atoms with E-state index in [2.05, 4.69) is 0 Å². The van der Waals surface area contributed by atoms with Gasteiger partial charge in [0.05, 0.1) is 6.42 Å². The molecular weight excluding hydrogens is 219 g/mol. The standard InChI is InChI=1S/C11H16F3NO/c1-2-9-4-7-15(8-5-9)10(16)3-6-11(12,13)14/h4H,2-3,5-8H2,1H3. The molecule has 0 aromatic rings. The fraction of sp³-hybridized carbons (Fsp3) is 0.727. The van der Waals surface area contributed by atoms with Gasteiger partial charge in [-0.3, -0.25) is 4.79 Å². The van der Waals surface area contributed by atoms with Crippen molar-refractivity contribution in [3.05, 3.63) is 11.6 Å². The molecule has 16 heavy (non-hydrogen) atoms. The van der Waals surface area contributed by atoms with Gasteiger partial charge in [-0.25, -0.2) is 0 Å². The quantitative estimate of drug-likeness (QED) is 0.689. The summed E-state index contributed by atoms with van der Waals surface area (Å²) < 4.78 is 35.8. The highest BCUT2D eigenvalue weighted by Gasteiger charge is 2.29. The van der Waals surface area contributed by atoms with Crippen molar-refractivity contribution in [2.24, 2.45) is 0 Å². The number of nitrogens with zero attached hydrogens (tertiary/aromatic N) is 1. The highest BCUT2D eigenvalue weighted by molar-refractivity contribution is 5.76. The van der Waals surface area contributed by atoms with Gasteiger partial charge in [0.2, 0.25) is 5.91 Å². The molecule has 2 nitrogen and oxygen atoms in total. The van der Waals surface area contributed by atoms with Crippen LogP contribution in [0.2, 0.25) is 0 Å². The Balaban J connectivity index is 2.37. The molecule has 0 aromatic heterocycles. The van der Waals surface area contributed by atoms with Crippen LogP contribution in [-0.2, 0) is 4.79 Å². The van der Waals surface area contributed by atoms with Gasteiger partial charge in [-0.05, 0) is 12.8 Å². The number of halogens is 3. The molecule has 0 aliphatic carbocycles. The molecule has 1 amide bonds. The number of rotatable bonds is 3. The Kier molecular flexibility index (Phi) is 4.38. The highest BCUT2D eigenvalue weighted by Crippen LogP contribution is 2.22. The van der Waals surface area contributed by atoms with Crippen molar-refractivity contribution in [1.82, 2.24) is 4.90 Å². The SMILES string of the molecule is CCC1=CCN(C(=O)CCC(F)(F)F)CC1. The largest absolute Gasteiger partial charge is 0.389 e. The fourth-order valence-electron chi connectivity index (χ4n) is 1.67. The fourth-order valence-corrected chi connectivity index (χ4v) is 1.67. The maximum absolute atomic E-state index is 11.9. The molecular formula is C11H16F3NO. The number of hydrogen-bond donors (Lipinski definition) is 0. The Labute approximate surface area is 93.1 Å². The number of amides is 1. The lowest BCUT2D eigenvalue weighted by Gasteiger charge is -2.26. The van der Waals surface area contributed by atoms with Crippen molar-refractivity contribution in [2.45, 2.75) is 38.8 Å². The van der Waals surface area contributed by atoms with E-state index in [-0.39, 0.29) is 0 Å². The first kappa shape index (κ1) is 13.1. The molecule has 0 atom stereocenters. The van der Waals surface area contributed by atoms with Crippen molar-refractivity contribution in [1.29, 1.82) is 0 Å². The summed E-state index contributed by atoms with van der Waals surface area (Å²) in [5.41, 5.74) is 1.28. The van der Waals surface area contributed by atoms with Gasteiger partial charge in [-0.1, -0.05) is 18.6 Å². The van der Waals surface area contributed by atoms with Crippen LogP contribution < -0.4 is 0 Å². The lowest BCUT2D eigenvalue weighted by Crippen LogP contribution is -2.35. The van der Waals surface area contributed by atoms with Gasteiger partial charge in [0, 0.05) is 19.5 Å². The van der Waals surface area contributed by atoms with Crippen LogP contribution in [0.5, 0.6) is 0 Å². The third kappa shape index (κ3) is 4.24. The van der Waals surface area contributed by atoms with Crippen molar-refractivity contribution < 1.29 is 18.0 Å². The Morgan fingerprint density at radius 1 is 1.50 bits per heavy atom. The molecule has 1 heterocycles. The zero-order chi connectivity index (χ0) is 12.2. The highest BCUT2D eigenvalue weighted by atomic mass is 19.4. The second-order valence-electron chi connectivity index (χ2n) is 3.92. The van der Waals surface area contributed by atoms with Gasteiger partial charge < -0.3 is 4.90 Å². The first-order valence-corrected chi connectivity index (χ1v) is 5.45. The second-order valence-corrected chi connectivity index (χ2v) is 3.92. The molecule has 1 aliphatic heterocycles. The minimum atomic E-state index is -4.24. The summed E-state index contributed by atoms with van der Waals surface area (Å²) in [5, 5.41) is 0. The predicted octanol–water partition coefficient (Wildman–Crippen LogP) is 2.90. The van der Waals surface area contributed by atoms with Gasteiger partial charge in [-0.15, -0.1) is 0 Å². The van der Waals surface area contributed by atoms with Crippen LogP contribution in [-0.4, -0.2) is 30.1 Å². The van der Waals surface area contributed by atoms with Crippen molar-refractivity contribution in [3.63, 3.8) is 0 Å². The van der Waals surface area contributed by atoms with E-state index in [1.807, 2.05) is 13.0 Å². The van der Waals surface area contributed by atoms with E-state index in [1.54, 1.807) is 0 Å². The van der Waals surface area contributed by atoms with E-state index >= 15 is 0 Å². The predicted molar refractivity (Wildman–Crippen MR) is 54.9 cm³/mol. The Bertz CT molecular complexity index is 283. The molecule has 0 spiro atoms. The molecule has 1 rings (SSSR count). The van der Waals surface area contributed by atoms with E-state index in [0.29, 0.717) is 13.1 Å². The first-order chi connectivity index (χ1) is 7.42. The van der Waals surface area contributed by atoms with Crippen molar-refractivity contribution in [2.75, 3.05) is 13.1 Å². The lowest BCUT2D eigenvalue weighted by atomic mass is 10.1. The molecule has 0 saturated carbocycles. The monoisotopic (exact) mass is 235 g/mol. The van der Waals surface area contributed by atoms with Gasteiger partial charge in [0.15, 0.2) is 0 Å². The van der Waals surface area contributed by atoms with Crippen LogP contribution in [0.4, 0.5) is 13.2 Å². The van der Waals surface area contributed by atoms with Gasteiger partial charge in [-0.2, -0.15) is 13.2 Å².